The lowest BCUT2D eigenvalue weighted by molar-refractivity contribution is -0.149. The van der Waals surface area contributed by atoms with Crippen molar-refractivity contribution in [1.82, 2.24) is 0 Å². The molecule has 2 N–H and O–H groups in total. The Balaban J connectivity index is 1.86. The molecular weight excluding hydrogens is 316 g/mol. The summed E-state index contributed by atoms with van der Waals surface area (Å²) in [5.41, 5.74) is 3.87. The largest absolute Gasteiger partial charge is 0.475 e. The molecule has 1 heterocycles. The topological polar surface area (TPSA) is 69.6 Å². The summed E-state index contributed by atoms with van der Waals surface area (Å²) in [5.74, 6) is -2.30. The highest BCUT2D eigenvalue weighted by Gasteiger charge is 2.27. The molecule has 0 bridgehead atoms. The van der Waals surface area contributed by atoms with Crippen molar-refractivity contribution >= 4 is 23.1 Å². The smallest absolute Gasteiger partial charge is 0.374 e. The highest BCUT2D eigenvalue weighted by Crippen LogP contribution is 2.32. The number of carbonyl (C=O) groups excluding carboxylic acids is 1. The van der Waals surface area contributed by atoms with Gasteiger partial charge in [-0.15, -0.1) is 0 Å². The molecule has 0 fully saturated rings. The van der Waals surface area contributed by atoms with E-state index in [-0.39, 0.29) is 0 Å². The van der Waals surface area contributed by atoms with Crippen molar-refractivity contribution in [3.05, 3.63) is 59.7 Å². The number of ketones is 1. The second kappa shape index (κ2) is 7.38. The average Bonchev–Trinajstić information content (AvgIpc) is 3.02. The van der Waals surface area contributed by atoms with Crippen LogP contribution in [-0.4, -0.2) is 29.9 Å². The van der Waals surface area contributed by atoms with Gasteiger partial charge in [0.1, 0.15) is 6.04 Å². The number of rotatable bonds is 7. The number of aliphatic carboxylic acids is 1. The monoisotopic (exact) mass is 338 g/mol. The van der Waals surface area contributed by atoms with Gasteiger partial charge in [-0.3, -0.25) is 4.79 Å². The Labute approximate surface area is 147 Å². The van der Waals surface area contributed by atoms with E-state index in [4.69, 9.17) is 5.11 Å². The second-order valence-electron chi connectivity index (χ2n) is 6.24. The SMILES string of the molecule is CCCN1CCc2cc(NC(C(=O)C(=O)O)c3ccccc3)ccc21. The summed E-state index contributed by atoms with van der Waals surface area (Å²) in [4.78, 5) is 25.7. The van der Waals surface area contributed by atoms with E-state index in [1.54, 1.807) is 24.3 Å². The maximum absolute atomic E-state index is 12.1. The van der Waals surface area contributed by atoms with Gasteiger partial charge in [0, 0.05) is 24.5 Å². The minimum atomic E-state index is -1.43. The number of hydrogen-bond acceptors (Lipinski definition) is 4. The van der Waals surface area contributed by atoms with Gasteiger partial charge in [0.2, 0.25) is 0 Å². The third-order valence-corrected chi connectivity index (χ3v) is 4.48. The van der Waals surface area contributed by atoms with E-state index in [0.717, 1.165) is 31.6 Å². The van der Waals surface area contributed by atoms with Crippen molar-refractivity contribution in [3.8, 4) is 0 Å². The molecule has 0 spiro atoms. The van der Waals surface area contributed by atoms with Gasteiger partial charge in [-0.25, -0.2) is 4.79 Å². The van der Waals surface area contributed by atoms with E-state index < -0.39 is 17.8 Å². The lowest BCUT2D eigenvalue weighted by atomic mass is 10.0. The van der Waals surface area contributed by atoms with Crippen LogP contribution in [-0.2, 0) is 16.0 Å². The Morgan fingerprint density at radius 3 is 2.64 bits per heavy atom. The molecule has 0 radical (unpaired) electrons. The number of Topliss-reactive ketones (excluding diaryl/α,β-unsaturated/α-hetero) is 1. The first kappa shape index (κ1) is 17.0. The van der Waals surface area contributed by atoms with E-state index in [9.17, 15) is 9.59 Å². The first-order valence-electron chi connectivity index (χ1n) is 8.56. The van der Waals surface area contributed by atoms with E-state index in [1.807, 2.05) is 24.3 Å². The molecule has 1 aliphatic heterocycles. The molecule has 0 amide bonds. The lowest BCUT2D eigenvalue weighted by Gasteiger charge is -2.20. The zero-order valence-electron chi connectivity index (χ0n) is 14.2. The number of nitrogens with one attached hydrogen (secondary N) is 1. The number of carboxylic acid groups (broad SMARTS) is 1. The minimum absolute atomic E-state index is 0.642. The van der Waals surface area contributed by atoms with Gasteiger partial charge in [-0.05, 0) is 42.2 Å². The van der Waals surface area contributed by atoms with Crippen molar-refractivity contribution in [2.45, 2.75) is 25.8 Å². The highest BCUT2D eigenvalue weighted by molar-refractivity contribution is 6.35. The van der Waals surface area contributed by atoms with Crippen molar-refractivity contribution in [2.24, 2.45) is 0 Å². The minimum Gasteiger partial charge on any atom is -0.475 e. The van der Waals surface area contributed by atoms with E-state index in [2.05, 4.69) is 17.1 Å². The molecule has 25 heavy (non-hydrogen) atoms. The van der Waals surface area contributed by atoms with Crippen molar-refractivity contribution in [2.75, 3.05) is 23.3 Å². The van der Waals surface area contributed by atoms with Gasteiger partial charge in [-0.1, -0.05) is 37.3 Å². The predicted octanol–water partition coefficient (Wildman–Crippen LogP) is 3.27. The Morgan fingerprint density at radius 1 is 1.20 bits per heavy atom. The zero-order valence-corrected chi connectivity index (χ0v) is 14.2. The Morgan fingerprint density at radius 2 is 1.96 bits per heavy atom. The van der Waals surface area contributed by atoms with Crippen LogP contribution in [0.15, 0.2) is 48.5 Å². The quantitative estimate of drug-likeness (QED) is 0.758. The van der Waals surface area contributed by atoms with Gasteiger partial charge in [-0.2, -0.15) is 0 Å². The van der Waals surface area contributed by atoms with E-state index in [1.165, 1.54) is 11.3 Å². The van der Waals surface area contributed by atoms with Crippen LogP contribution in [0.25, 0.3) is 0 Å². The summed E-state index contributed by atoms with van der Waals surface area (Å²) in [7, 11) is 0. The summed E-state index contributed by atoms with van der Waals surface area (Å²) in [5, 5.41) is 12.2. The molecule has 1 unspecified atom stereocenters. The molecule has 0 saturated heterocycles. The van der Waals surface area contributed by atoms with Crippen LogP contribution >= 0.6 is 0 Å². The molecule has 3 rings (SSSR count). The molecule has 0 aromatic heterocycles. The van der Waals surface area contributed by atoms with Crippen molar-refractivity contribution in [3.63, 3.8) is 0 Å². The molecule has 0 aliphatic carbocycles. The fraction of sp³-hybridized carbons (Fsp3) is 0.300. The van der Waals surface area contributed by atoms with E-state index >= 15 is 0 Å². The summed E-state index contributed by atoms with van der Waals surface area (Å²) in [6.07, 6.45) is 2.07. The number of anilines is 2. The molecule has 2 aromatic carbocycles. The molecular formula is C20H22N2O3. The first-order chi connectivity index (χ1) is 12.1. The molecule has 1 aliphatic rings. The third kappa shape index (κ3) is 3.65. The third-order valence-electron chi connectivity index (χ3n) is 4.48. The molecule has 1 atom stereocenters. The standard InChI is InChI=1S/C20H22N2O3/c1-2-11-22-12-10-15-13-16(8-9-17(15)22)21-18(19(23)20(24)25)14-6-4-3-5-7-14/h3-9,13,18,21H,2,10-12H2,1H3,(H,24,25). The number of carboxylic acids is 1. The fourth-order valence-corrected chi connectivity index (χ4v) is 3.30. The van der Waals surface area contributed by atoms with Crippen LogP contribution in [0.2, 0.25) is 0 Å². The maximum Gasteiger partial charge on any atom is 0.374 e. The van der Waals surface area contributed by atoms with Crippen LogP contribution in [0, 0.1) is 0 Å². The van der Waals surface area contributed by atoms with E-state index in [0.29, 0.717) is 5.56 Å². The fourth-order valence-electron chi connectivity index (χ4n) is 3.30. The van der Waals surface area contributed by atoms with Gasteiger partial charge in [0.15, 0.2) is 0 Å². The van der Waals surface area contributed by atoms with Gasteiger partial charge in [0.25, 0.3) is 5.78 Å². The van der Waals surface area contributed by atoms with Gasteiger partial charge in [0.05, 0.1) is 0 Å². The van der Waals surface area contributed by atoms with Crippen molar-refractivity contribution < 1.29 is 14.7 Å². The lowest BCUT2D eigenvalue weighted by Crippen LogP contribution is -2.27. The van der Waals surface area contributed by atoms with Gasteiger partial charge >= 0.3 is 5.97 Å². The van der Waals surface area contributed by atoms with Crippen LogP contribution < -0.4 is 10.2 Å². The predicted molar refractivity (Wildman–Crippen MR) is 98.1 cm³/mol. The van der Waals surface area contributed by atoms with Crippen LogP contribution in [0.4, 0.5) is 11.4 Å². The summed E-state index contributed by atoms with van der Waals surface area (Å²) >= 11 is 0. The second-order valence-corrected chi connectivity index (χ2v) is 6.24. The van der Waals surface area contributed by atoms with Crippen LogP contribution in [0.3, 0.4) is 0 Å². The molecule has 2 aromatic rings. The molecule has 5 heteroatoms. The zero-order chi connectivity index (χ0) is 17.8. The maximum atomic E-state index is 12.1. The first-order valence-corrected chi connectivity index (χ1v) is 8.56. The Kier molecular flexibility index (Phi) is 5.03. The Bertz CT molecular complexity index is 774. The van der Waals surface area contributed by atoms with Gasteiger partial charge < -0.3 is 15.3 Å². The number of benzene rings is 2. The van der Waals surface area contributed by atoms with Crippen LogP contribution in [0.1, 0.15) is 30.5 Å². The molecule has 5 nitrogen and oxygen atoms in total. The molecule has 130 valence electrons. The highest BCUT2D eigenvalue weighted by atomic mass is 16.4. The normalized spacial score (nSPS) is 14.0. The molecule has 0 saturated carbocycles. The Hall–Kier alpha value is -2.82. The number of fused-ring (bicyclic) bond motifs is 1. The number of carbonyl (C=O) groups is 2. The summed E-state index contributed by atoms with van der Waals surface area (Å²) < 4.78 is 0. The summed E-state index contributed by atoms with van der Waals surface area (Å²) in [6, 6.07) is 14.0. The number of nitrogens with zero attached hydrogens (tertiary/aromatic N) is 1. The number of hydrogen-bond donors (Lipinski definition) is 2. The average molecular weight is 338 g/mol. The summed E-state index contributed by atoms with van der Waals surface area (Å²) in [6.45, 7) is 4.20. The van der Waals surface area contributed by atoms with Crippen molar-refractivity contribution in [1.29, 1.82) is 0 Å². The van der Waals surface area contributed by atoms with Crippen LogP contribution in [0.5, 0.6) is 0 Å².